The quantitative estimate of drug-likeness (QED) is 0.809. The Hall–Kier alpha value is -1.89. The number of likely N-dealkylation sites (tertiary alicyclic amines) is 1. The summed E-state index contributed by atoms with van der Waals surface area (Å²) in [6, 6.07) is 0.523. The van der Waals surface area contributed by atoms with E-state index in [1.807, 2.05) is 7.05 Å². The van der Waals surface area contributed by atoms with Crippen molar-refractivity contribution in [2.24, 2.45) is 13.0 Å². The molecule has 0 spiro atoms. The van der Waals surface area contributed by atoms with Crippen molar-refractivity contribution >= 4 is 22.8 Å². The lowest BCUT2D eigenvalue weighted by molar-refractivity contribution is 0.175. The maximum atomic E-state index is 6.06. The van der Waals surface area contributed by atoms with E-state index in [9.17, 15) is 0 Å². The van der Waals surface area contributed by atoms with Crippen LogP contribution in [0.5, 0.6) is 0 Å². The summed E-state index contributed by atoms with van der Waals surface area (Å²) in [6.07, 6.45) is 6.72. The third-order valence-corrected chi connectivity index (χ3v) is 5.29. The number of rotatable bonds is 7. The van der Waals surface area contributed by atoms with Gasteiger partial charge in [0.2, 0.25) is 5.95 Å². The molecule has 1 saturated heterocycles. The predicted octanol–water partition coefficient (Wildman–Crippen LogP) is 2.26. The second-order valence-corrected chi connectivity index (χ2v) is 6.71. The highest BCUT2D eigenvalue weighted by molar-refractivity contribution is 5.86. The average molecular weight is 331 g/mol. The molecule has 0 aromatic carbocycles. The van der Waals surface area contributed by atoms with Crippen molar-refractivity contribution in [2.45, 2.75) is 45.6 Å². The molecule has 2 aromatic rings. The zero-order valence-corrected chi connectivity index (χ0v) is 15.0. The fourth-order valence-electron chi connectivity index (χ4n) is 3.82. The third-order valence-electron chi connectivity index (χ3n) is 5.29. The first-order chi connectivity index (χ1) is 11.6. The molecule has 0 amide bonds. The Kier molecular flexibility index (Phi) is 5.18. The van der Waals surface area contributed by atoms with Gasteiger partial charge in [0.15, 0.2) is 5.65 Å². The minimum absolute atomic E-state index is 0.482. The van der Waals surface area contributed by atoms with Crippen LogP contribution in [0.25, 0.3) is 11.0 Å². The standard InChI is InChI=1S/C17H29N7/c1-4-12(5-2)14(24-8-6-7-9-24)11-19-17-21-15(18)13-10-20-23(3)16(13)22-17/h10,12,14H,4-9,11H2,1-3H3,(H3,18,19,21,22). The summed E-state index contributed by atoms with van der Waals surface area (Å²) in [7, 11) is 1.87. The lowest BCUT2D eigenvalue weighted by Gasteiger charge is -2.33. The van der Waals surface area contributed by atoms with E-state index < -0.39 is 0 Å². The number of anilines is 2. The van der Waals surface area contributed by atoms with Gasteiger partial charge in [0, 0.05) is 19.6 Å². The molecule has 1 fully saturated rings. The highest BCUT2D eigenvalue weighted by Gasteiger charge is 2.27. The molecule has 0 radical (unpaired) electrons. The van der Waals surface area contributed by atoms with Gasteiger partial charge < -0.3 is 11.1 Å². The molecule has 7 heteroatoms. The van der Waals surface area contributed by atoms with Crippen molar-refractivity contribution in [1.29, 1.82) is 0 Å². The van der Waals surface area contributed by atoms with E-state index in [4.69, 9.17) is 5.73 Å². The number of nitrogens with one attached hydrogen (secondary N) is 1. The van der Waals surface area contributed by atoms with Crippen LogP contribution in [0.2, 0.25) is 0 Å². The van der Waals surface area contributed by atoms with Gasteiger partial charge in [-0.1, -0.05) is 26.7 Å². The molecule has 132 valence electrons. The number of hydrogen-bond acceptors (Lipinski definition) is 6. The number of fused-ring (bicyclic) bond motifs is 1. The first-order valence-electron chi connectivity index (χ1n) is 9.07. The summed E-state index contributed by atoms with van der Waals surface area (Å²) in [5.74, 6) is 1.77. The van der Waals surface area contributed by atoms with Crippen LogP contribution in [0.15, 0.2) is 6.20 Å². The van der Waals surface area contributed by atoms with Crippen LogP contribution < -0.4 is 11.1 Å². The molecule has 0 bridgehead atoms. The molecule has 3 heterocycles. The second-order valence-electron chi connectivity index (χ2n) is 6.71. The van der Waals surface area contributed by atoms with Gasteiger partial charge >= 0.3 is 0 Å². The Balaban J connectivity index is 1.77. The zero-order valence-electron chi connectivity index (χ0n) is 15.0. The fourth-order valence-corrected chi connectivity index (χ4v) is 3.82. The Labute approximate surface area is 143 Å². The molecule has 0 saturated carbocycles. The Morgan fingerprint density at radius 3 is 2.58 bits per heavy atom. The van der Waals surface area contributed by atoms with Crippen LogP contribution in [0.3, 0.4) is 0 Å². The average Bonchev–Trinajstić information content (AvgIpc) is 3.22. The minimum Gasteiger partial charge on any atom is -0.383 e. The summed E-state index contributed by atoms with van der Waals surface area (Å²) < 4.78 is 1.73. The number of aromatic nitrogens is 4. The number of hydrogen-bond donors (Lipinski definition) is 2. The number of nitrogen functional groups attached to an aromatic ring is 1. The van der Waals surface area contributed by atoms with E-state index in [0.717, 1.165) is 17.6 Å². The normalized spacial score (nSPS) is 17.0. The fraction of sp³-hybridized carbons (Fsp3) is 0.706. The van der Waals surface area contributed by atoms with E-state index in [0.29, 0.717) is 23.7 Å². The van der Waals surface area contributed by atoms with Crippen molar-refractivity contribution in [2.75, 3.05) is 30.7 Å². The predicted molar refractivity (Wildman–Crippen MR) is 97.9 cm³/mol. The molecule has 1 aliphatic heterocycles. The maximum Gasteiger partial charge on any atom is 0.226 e. The van der Waals surface area contributed by atoms with Crippen LogP contribution in [0.1, 0.15) is 39.5 Å². The van der Waals surface area contributed by atoms with Crippen molar-refractivity contribution in [3.05, 3.63) is 6.20 Å². The highest BCUT2D eigenvalue weighted by atomic mass is 15.3. The van der Waals surface area contributed by atoms with Gasteiger partial charge in [-0.15, -0.1) is 0 Å². The highest BCUT2D eigenvalue weighted by Crippen LogP contribution is 2.24. The Morgan fingerprint density at radius 2 is 1.92 bits per heavy atom. The zero-order chi connectivity index (χ0) is 17.1. The molecular formula is C17H29N7. The minimum atomic E-state index is 0.482. The van der Waals surface area contributed by atoms with E-state index in [2.05, 4.69) is 39.1 Å². The summed E-state index contributed by atoms with van der Waals surface area (Å²) in [5, 5.41) is 8.45. The van der Waals surface area contributed by atoms with Gasteiger partial charge in [-0.3, -0.25) is 9.58 Å². The van der Waals surface area contributed by atoms with Crippen LogP contribution in [0.4, 0.5) is 11.8 Å². The summed E-state index contributed by atoms with van der Waals surface area (Å²) in [5.41, 5.74) is 6.82. The maximum absolute atomic E-state index is 6.06. The lowest BCUT2D eigenvalue weighted by atomic mass is 9.93. The largest absolute Gasteiger partial charge is 0.383 e. The molecule has 2 aromatic heterocycles. The molecule has 3 N–H and O–H groups in total. The van der Waals surface area contributed by atoms with Crippen molar-refractivity contribution in [3.8, 4) is 0 Å². The molecule has 0 aliphatic carbocycles. The lowest BCUT2D eigenvalue weighted by Crippen LogP contribution is -2.43. The van der Waals surface area contributed by atoms with E-state index in [-0.39, 0.29) is 0 Å². The van der Waals surface area contributed by atoms with Gasteiger partial charge in [0.05, 0.1) is 11.6 Å². The monoisotopic (exact) mass is 331 g/mol. The molecule has 24 heavy (non-hydrogen) atoms. The first-order valence-corrected chi connectivity index (χ1v) is 9.07. The Morgan fingerprint density at radius 1 is 1.21 bits per heavy atom. The van der Waals surface area contributed by atoms with Gasteiger partial charge in [0.25, 0.3) is 0 Å². The van der Waals surface area contributed by atoms with Gasteiger partial charge in [0.1, 0.15) is 5.82 Å². The summed E-state index contributed by atoms with van der Waals surface area (Å²) >= 11 is 0. The van der Waals surface area contributed by atoms with Gasteiger partial charge in [-0.05, 0) is 31.8 Å². The van der Waals surface area contributed by atoms with E-state index >= 15 is 0 Å². The smallest absolute Gasteiger partial charge is 0.226 e. The molecule has 1 atom stereocenters. The number of nitrogens with zero attached hydrogens (tertiary/aromatic N) is 5. The molecule has 1 unspecified atom stereocenters. The van der Waals surface area contributed by atoms with E-state index in [1.165, 1.54) is 38.8 Å². The van der Waals surface area contributed by atoms with Crippen LogP contribution in [-0.2, 0) is 7.05 Å². The molecule has 7 nitrogen and oxygen atoms in total. The topological polar surface area (TPSA) is 84.9 Å². The van der Waals surface area contributed by atoms with Crippen LogP contribution >= 0.6 is 0 Å². The third kappa shape index (κ3) is 3.31. The molecule has 1 aliphatic rings. The van der Waals surface area contributed by atoms with Gasteiger partial charge in [-0.2, -0.15) is 15.1 Å². The molecular weight excluding hydrogens is 302 g/mol. The van der Waals surface area contributed by atoms with E-state index in [1.54, 1.807) is 10.9 Å². The van der Waals surface area contributed by atoms with Crippen molar-refractivity contribution < 1.29 is 0 Å². The van der Waals surface area contributed by atoms with Crippen molar-refractivity contribution in [1.82, 2.24) is 24.6 Å². The molecule has 3 rings (SSSR count). The summed E-state index contributed by atoms with van der Waals surface area (Å²) in [4.78, 5) is 11.6. The number of aryl methyl sites for hydroxylation is 1. The Bertz CT molecular complexity index is 669. The van der Waals surface area contributed by atoms with Crippen LogP contribution in [-0.4, -0.2) is 50.3 Å². The number of nitrogens with two attached hydrogens (primary N) is 1. The first kappa shape index (κ1) is 17.0. The van der Waals surface area contributed by atoms with Gasteiger partial charge in [-0.25, -0.2) is 0 Å². The van der Waals surface area contributed by atoms with Crippen LogP contribution in [0, 0.1) is 5.92 Å². The summed E-state index contributed by atoms with van der Waals surface area (Å²) in [6.45, 7) is 7.83. The SMILES string of the molecule is CCC(CC)C(CNc1nc(N)c2cnn(C)c2n1)N1CCCC1. The second kappa shape index (κ2) is 7.34. The van der Waals surface area contributed by atoms with Crippen molar-refractivity contribution in [3.63, 3.8) is 0 Å².